The molecule has 0 aromatic heterocycles. The van der Waals surface area contributed by atoms with E-state index in [9.17, 15) is 13.2 Å². The molecule has 3 rings (SSSR count). The van der Waals surface area contributed by atoms with Crippen LogP contribution < -0.4 is 14.8 Å². The predicted octanol–water partition coefficient (Wildman–Crippen LogP) is 4.41. The zero-order chi connectivity index (χ0) is 19.3. The lowest BCUT2D eigenvalue weighted by molar-refractivity contribution is 0.262. The van der Waals surface area contributed by atoms with Crippen LogP contribution in [-0.2, 0) is 10.1 Å². The monoisotopic (exact) mass is 382 g/mol. The van der Waals surface area contributed by atoms with Gasteiger partial charge in [-0.25, -0.2) is 4.79 Å². The van der Waals surface area contributed by atoms with Crippen molar-refractivity contribution in [3.05, 3.63) is 84.4 Å². The number of urea groups is 1. The van der Waals surface area contributed by atoms with Gasteiger partial charge in [0, 0.05) is 11.4 Å². The van der Waals surface area contributed by atoms with Crippen molar-refractivity contribution in [2.24, 2.45) is 0 Å². The van der Waals surface area contributed by atoms with Gasteiger partial charge in [0.05, 0.1) is 0 Å². The molecule has 27 heavy (non-hydrogen) atoms. The van der Waals surface area contributed by atoms with E-state index in [0.29, 0.717) is 11.4 Å². The summed E-state index contributed by atoms with van der Waals surface area (Å²) in [4.78, 5) is 12.0. The first-order chi connectivity index (χ1) is 12.9. The van der Waals surface area contributed by atoms with E-state index in [1.54, 1.807) is 36.4 Å². The summed E-state index contributed by atoms with van der Waals surface area (Å²) in [6, 6.07) is 21.1. The van der Waals surface area contributed by atoms with E-state index in [0.717, 1.165) is 5.56 Å². The molecule has 138 valence electrons. The number of carbonyl (C=O) groups is 1. The van der Waals surface area contributed by atoms with Crippen molar-refractivity contribution in [1.29, 1.82) is 0 Å². The van der Waals surface area contributed by atoms with Gasteiger partial charge in [-0.1, -0.05) is 35.9 Å². The van der Waals surface area contributed by atoms with Gasteiger partial charge < -0.3 is 14.8 Å². The van der Waals surface area contributed by atoms with E-state index >= 15 is 0 Å². The second-order valence-electron chi connectivity index (χ2n) is 5.82. The molecule has 0 radical (unpaired) electrons. The van der Waals surface area contributed by atoms with Crippen molar-refractivity contribution >= 4 is 27.5 Å². The minimum absolute atomic E-state index is 0.0811. The standard InChI is InChI=1S/C20H18N2O4S/c1-15-7-13-19(14-8-15)27(24,25)26-18-11-9-17(10-12-18)22-20(23)21-16-5-3-2-4-6-16/h2-14H,1H3,(H2,21,22,23). The second kappa shape index (κ2) is 7.92. The first-order valence-electron chi connectivity index (χ1n) is 8.17. The molecule has 0 fully saturated rings. The number of benzene rings is 3. The Labute approximate surface area is 157 Å². The smallest absolute Gasteiger partial charge is 0.339 e. The Morgan fingerprint density at radius 2 is 1.33 bits per heavy atom. The van der Waals surface area contributed by atoms with Crippen molar-refractivity contribution in [3.63, 3.8) is 0 Å². The third-order valence-corrected chi connectivity index (χ3v) is 4.92. The van der Waals surface area contributed by atoms with Crippen LogP contribution >= 0.6 is 0 Å². The Morgan fingerprint density at radius 3 is 1.93 bits per heavy atom. The van der Waals surface area contributed by atoms with Crippen LogP contribution in [0.4, 0.5) is 16.2 Å². The van der Waals surface area contributed by atoms with Gasteiger partial charge in [-0.05, 0) is 55.5 Å². The van der Waals surface area contributed by atoms with Gasteiger partial charge in [0.1, 0.15) is 10.6 Å². The lowest BCUT2D eigenvalue weighted by Crippen LogP contribution is -2.19. The van der Waals surface area contributed by atoms with Crippen LogP contribution in [0.2, 0.25) is 0 Å². The number of rotatable bonds is 5. The van der Waals surface area contributed by atoms with E-state index in [2.05, 4.69) is 10.6 Å². The van der Waals surface area contributed by atoms with Gasteiger partial charge in [0.2, 0.25) is 0 Å². The number of aryl methyl sites for hydroxylation is 1. The quantitative estimate of drug-likeness (QED) is 0.640. The third kappa shape index (κ3) is 5.08. The van der Waals surface area contributed by atoms with Crippen LogP contribution in [0.5, 0.6) is 5.75 Å². The van der Waals surface area contributed by atoms with Gasteiger partial charge in [-0.2, -0.15) is 8.42 Å². The fourth-order valence-electron chi connectivity index (χ4n) is 2.29. The van der Waals surface area contributed by atoms with Crippen LogP contribution in [0.3, 0.4) is 0 Å². The largest absolute Gasteiger partial charge is 0.379 e. The van der Waals surface area contributed by atoms with Crippen LogP contribution in [0, 0.1) is 6.92 Å². The average molecular weight is 382 g/mol. The molecule has 6 nitrogen and oxygen atoms in total. The van der Waals surface area contributed by atoms with E-state index in [-0.39, 0.29) is 10.6 Å². The molecular weight excluding hydrogens is 364 g/mol. The number of amides is 2. The summed E-state index contributed by atoms with van der Waals surface area (Å²) in [7, 11) is -3.91. The fraction of sp³-hybridized carbons (Fsp3) is 0.0500. The van der Waals surface area contributed by atoms with Crippen molar-refractivity contribution in [1.82, 2.24) is 0 Å². The maximum Gasteiger partial charge on any atom is 0.339 e. The molecule has 3 aromatic rings. The topological polar surface area (TPSA) is 84.5 Å². The molecule has 0 bridgehead atoms. The Morgan fingerprint density at radius 1 is 0.778 bits per heavy atom. The van der Waals surface area contributed by atoms with Gasteiger partial charge >= 0.3 is 16.1 Å². The van der Waals surface area contributed by atoms with Gasteiger partial charge in [0.25, 0.3) is 0 Å². The number of hydrogen-bond donors (Lipinski definition) is 2. The lowest BCUT2D eigenvalue weighted by Gasteiger charge is -2.10. The number of nitrogens with one attached hydrogen (secondary N) is 2. The van der Waals surface area contributed by atoms with E-state index in [1.165, 1.54) is 24.3 Å². The zero-order valence-corrected chi connectivity index (χ0v) is 15.4. The highest BCUT2D eigenvalue weighted by Gasteiger charge is 2.16. The normalized spacial score (nSPS) is 10.9. The summed E-state index contributed by atoms with van der Waals surface area (Å²) in [6.07, 6.45) is 0. The fourth-order valence-corrected chi connectivity index (χ4v) is 3.22. The summed E-state index contributed by atoms with van der Waals surface area (Å²) in [5, 5.41) is 5.36. The number of para-hydroxylation sites is 1. The minimum Gasteiger partial charge on any atom is -0.379 e. The molecule has 7 heteroatoms. The Kier molecular flexibility index (Phi) is 5.42. The van der Waals surface area contributed by atoms with E-state index in [1.807, 2.05) is 25.1 Å². The third-order valence-electron chi connectivity index (χ3n) is 3.66. The molecule has 0 unspecified atom stereocenters. The molecule has 3 aromatic carbocycles. The molecular formula is C20H18N2O4S. The lowest BCUT2D eigenvalue weighted by atomic mass is 10.2. The molecule has 0 aliphatic carbocycles. The highest BCUT2D eigenvalue weighted by molar-refractivity contribution is 7.87. The molecule has 0 atom stereocenters. The van der Waals surface area contributed by atoms with Crippen LogP contribution in [0.1, 0.15) is 5.56 Å². The van der Waals surface area contributed by atoms with Crippen molar-refractivity contribution in [2.45, 2.75) is 11.8 Å². The minimum atomic E-state index is -3.91. The Bertz CT molecular complexity index is 1020. The van der Waals surface area contributed by atoms with Crippen molar-refractivity contribution in [3.8, 4) is 5.75 Å². The molecule has 0 spiro atoms. The van der Waals surface area contributed by atoms with Crippen molar-refractivity contribution < 1.29 is 17.4 Å². The highest BCUT2D eigenvalue weighted by atomic mass is 32.2. The zero-order valence-electron chi connectivity index (χ0n) is 14.5. The highest BCUT2D eigenvalue weighted by Crippen LogP contribution is 2.21. The van der Waals surface area contributed by atoms with E-state index < -0.39 is 16.1 Å². The predicted molar refractivity (Wildman–Crippen MR) is 105 cm³/mol. The van der Waals surface area contributed by atoms with Gasteiger partial charge in [-0.15, -0.1) is 0 Å². The Balaban J connectivity index is 1.63. The first-order valence-corrected chi connectivity index (χ1v) is 9.57. The number of carbonyl (C=O) groups excluding carboxylic acids is 1. The molecule has 0 aliphatic rings. The summed E-state index contributed by atoms with van der Waals surface area (Å²) in [6.45, 7) is 1.87. The average Bonchev–Trinajstić information content (AvgIpc) is 2.64. The van der Waals surface area contributed by atoms with Gasteiger partial charge in [0.15, 0.2) is 0 Å². The van der Waals surface area contributed by atoms with Crippen molar-refractivity contribution in [2.75, 3.05) is 10.6 Å². The summed E-state index contributed by atoms with van der Waals surface area (Å²) >= 11 is 0. The second-order valence-corrected chi connectivity index (χ2v) is 7.37. The van der Waals surface area contributed by atoms with Crippen LogP contribution in [0.15, 0.2) is 83.8 Å². The summed E-state index contributed by atoms with van der Waals surface area (Å²) < 4.78 is 29.7. The van der Waals surface area contributed by atoms with Gasteiger partial charge in [-0.3, -0.25) is 0 Å². The summed E-state index contributed by atoms with van der Waals surface area (Å²) in [5.41, 5.74) is 2.13. The molecule has 0 aliphatic heterocycles. The molecule has 0 saturated carbocycles. The molecule has 2 N–H and O–H groups in total. The van der Waals surface area contributed by atoms with E-state index in [4.69, 9.17) is 4.18 Å². The molecule has 2 amide bonds. The number of anilines is 2. The first kappa shape index (κ1) is 18.5. The molecule has 0 saturated heterocycles. The maximum absolute atomic E-state index is 12.3. The summed E-state index contributed by atoms with van der Waals surface area (Å²) in [5.74, 6) is 0.157. The van der Waals surface area contributed by atoms with Crippen LogP contribution in [0.25, 0.3) is 0 Å². The molecule has 0 heterocycles. The SMILES string of the molecule is Cc1ccc(S(=O)(=O)Oc2ccc(NC(=O)Nc3ccccc3)cc2)cc1. The van der Waals surface area contributed by atoms with Crippen LogP contribution in [-0.4, -0.2) is 14.4 Å². The Hall–Kier alpha value is -3.32. The number of hydrogen-bond acceptors (Lipinski definition) is 4. The maximum atomic E-state index is 12.3.